The predicted molar refractivity (Wildman–Crippen MR) is 87.3 cm³/mol. The molecule has 2 N–H and O–H groups in total. The summed E-state index contributed by atoms with van der Waals surface area (Å²) in [7, 11) is 0. The summed E-state index contributed by atoms with van der Waals surface area (Å²) < 4.78 is 7.61. The molecule has 1 saturated heterocycles. The zero-order valence-corrected chi connectivity index (χ0v) is 13.7. The van der Waals surface area contributed by atoms with E-state index in [-0.39, 0.29) is 12.5 Å². The number of aromatic amines is 1. The fraction of sp³-hybridized carbons (Fsp3) is 0.500. The van der Waals surface area contributed by atoms with E-state index in [2.05, 4.69) is 15.5 Å². The van der Waals surface area contributed by atoms with Gasteiger partial charge in [0.1, 0.15) is 6.54 Å². The van der Waals surface area contributed by atoms with Crippen molar-refractivity contribution < 1.29 is 9.53 Å². The summed E-state index contributed by atoms with van der Waals surface area (Å²) in [5.74, 6) is 1.06. The molecule has 0 radical (unpaired) electrons. The lowest BCUT2D eigenvalue weighted by Gasteiger charge is -2.22. The van der Waals surface area contributed by atoms with Gasteiger partial charge in [-0.15, -0.1) is 11.3 Å². The van der Waals surface area contributed by atoms with Crippen LogP contribution in [0.5, 0.6) is 0 Å². The summed E-state index contributed by atoms with van der Waals surface area (Å²) in [6.07, 6.45) is 2.17. The molecule has 0 spiro atoms. The van der Waals surface area contributed by atoms with E-state index in [1.807, 2.05) is 17.5 Å². The van der Waals surface area contributed by atoms with Crippen LogP contribution in [-0.2, 0) is 16.1 Å². The zero-order valence-electron chi connectivity index (χ0n) is 12.1. The van der Waals surface area contributed by atoms with E-state index in [1.165, 1.54) is 0 Å². The van der Waals surface area contributed by atoms with Gasteiger partial charge in [-0.2, -0.15) is 5.10 Å². The first-order chi connectivity index (χ1) is 10.7. The Balaban J connectivity index is 1.62. The topological polar surface area (TPSA) is 71.9 Å². The summed E-state index contributed by atoms with van der Waals surface area (Å²) >= 11 is 6.79. The highest BCUT2D eigenvalue weighted by atomic mass is 32.1. The number of amides is 1. The molecule has 1 fully saturated rings. The number of H-pyrrole nitrogens is 1. The van der Waals surface area contributed by atoms with E-state index in [0.29, 0.717) is 23.1 Å². The lowest BCUT2D eigenvalue weighted by molar-refractivity contribution is -0.122. The number of nitrogens with zero attached hydrogens (tertiary/aromatic N) is 2. The van der Waals surface area contributed by atoms with Crippen molar-refractivity contribution in [3.05, 3.63) is 22.3 Å². The second-order valence-corrected chi connectivity index (χ2v) is 6.64. The fourth-order valence-corrected chi connectivity index (χ4v) is 3.40. The summed E-state index contributed by atoms with van der Waals surface area (Å²) in [5, 5.41) is 11.9. The third-order valence-corrected chi connectivity index (χ3v) is 4.82. The highest BCUT2D eigenvalue weighted by molar-refractivity contribution is 7.71. The molecule has 0 bridgehead atoms. The number of carbonyl (C=O) groups is 1. The Morgan fingerprint density at radius 3 is 3.27 bits per heavy atom. The first-order valence-electron chi connectivity index (χ1n) is 7.27. The van der Waals surface area contributed by atoms with Gasteiger partial charge in [-0.3, -0.25) is 14.5 Å². The Kier molecular flexibility index (Phi) is 5.01. The van der Waals surface area contributed by atoms with E-state index in [9.17, 15) is 4.79 Å². The quantitative estimate of drug-likeness (QED) is 0.820. The largest absolute Gasteiger partial charge is 0.381 e. The number of nitrogens with one attached hydrogen (secondary N) is 2. The molecule has 0 saturated carbocycles. The summed E-state index contributed by atoms with van der Waals surface area (Å²) in [5.41, 5.74) is 0. The van der Waals surface area contributed by atoms with E-state index in [1.54, 1.807) is 15.9 Å². The lowest BCUT2D eigenvalue weighted by atomic mass is 10.0. The van der Waals surface area contributed by atoms with Crippen LogP contribution in [0.1, 0.15) is 12.8 Å². The average molecular weight is 338 g/mol. The molecule has 0 aliphatic carbocycles. The highest BCUT2D eigenvalue weighted by Gasteiger charge is 2.16. The molecule has 2 aromatic rings. The van der Waals surface area contributed by atoms with E-state index in [0.717, 1.165) is 30.9 Å². The van der Waals surface area contributed by atoms with Crippen LogP contribution in [0.15, 0.2) is 17.5 Å². The Morgan fingerprint density at radius 1 is 1.64 bits per heavy atom. The third kappa shape index (κ3) is 3.63. The van der Waals surface area contributed by atoms with Gasteiger partial charge in [0.25, 0.3) is 0 Å². The molecule has 0 aromatic carbocycles. The number of hydrogen-bond acceptors (Lipinski definition) is 5. The van der Waals surface area contributed by atoms with Crippen LogP contribution in [0, 0.1) is 10.7 Å². The SMILES string of the molecule is O=C(Cn1c(-c2cccs2)n[nH]c1=S)NCC1CCCOC1. The Hall–Kier alpha value is -1.51. The zero-order chi connectivity index (χ0) is 15.4. The van der Waals surface area contributed by atoms with Crippen molar-refractivity contribution >= 4 is 29.5 Å². The number of aromatic nitrogens is 3. The molecule has 1 atom stereocenters. The van der Waals surface area contributed by atoms with Gasteiger partial charge in [0, 0.05) is 13.2 Å². The van der Waals surface area contributed by atoms with E-state index < -0.39 is 0 Å². The van der Waals surface area contributed by atoms with E-state index in [4.69, 9.17) is 17.0 Å². The average Bonchev–Trinajstić information content (AvgIpc) is 3.17. The van der Waals surface area contributed by atoms with Gasteiger partial charge in [0.15, 0.2) is 10.6 Å². The smallest absolute Gasteiger partial charge is 0.240 e. The molecule has 22 heavy (non-hydrogen) atoms. The van der Waals surface area contributed by atoms with Crippen LogP contribution in [0.3, 0.4) is 0 Å². The molecule has 118 valence electrons. The predicted octanol–water partition coefficient (Wildman–Crippen LogP) is 2.21. The second-order valence-electron chi connectivity index (χ2n) is 5.30. The minimum atomic E-state index is -0.0547. The van der Waals surface area contributed by atoms with Gasteiger partial charge in [-0.25, -0.2) is 0 Å². The molecule has 8 heteroatoms. The minimum Gasteiger partial charge on any atom is -0.381 e. The van der Waals surface area contributed by atoms with Crippen molar-refractivity contribution in [1.82, 2.24) is 20.1 Å². The number of ether oxygens (including phenoxy) is 1. The van der Waals surface area contributed by atoms with E-state index >= 15 is 0 Å². The van der Waals surface area contributed by atoms with Crippen molar-refractivity contribution in [2.24, 2.45) is 5.92 Å². The third-order valence-electron chi connectivity index (χ3n) is 3.64. The first kappa shape index (κ1) is 15.4. The van der Waals surface area contributed by atoms with Gasteiger partial charge < -0.3 is 10.1 Å². The van der Waals surface area contributed by atoms with Gasteiger partial charge in [-0.05, 0) is 42.4 Å². The van der Waals surface area contributed by atoms with Crippen LogP contribution < -0.4 is 5.32 Å². The van der Waals surface area contributed by atoms with Crippen LogP contribution in [-0.4, -0.2) is 40.4 Å². The van der Waals surface area contributed by atoms with Gasteiger partial charge in [-0.1, -0.05) is 6.07 Å². The summed E-state index contributed by atoms with van der Waals surface area (Å²) in [6.45, 7) is 2.39. The number of hydrogen-bond donors (Lipinski definition) is 2. The number of rotatable bonds is 5. The monoisotopic (exact) mass is 338 g/mol. The number of thiophene rings is 1. The fourth-order valence-electron chi connectivity index (χ4n) is 2.48. The van der Waals surface area contributed by atoms with Crippen LogP contribution >= 0.6 is 23.6 Å². The maximum atomic E-state index is 12.2. The van der Waals surface area contributed by atoms with Crippen molar-refractivity contribution in [3.8, 4) is 10.7 Å². The molecule has 2 aromatic heterocycles. The van der Waals surface area contributed by atoms with Gasteiger partial charge >= 0.3 is 0 Å². The normalized spacial score (nSPS) is 18.3. The van der Waals surface area contributed by atoms with Gasteiger partial charge in [0.05, 0.1) is 11.5 Å². The Morgan fingerprint density at radius 2 is 2.55 bits per heavy atom. The van der Waals surface area contributed by atoms with Gasteiger partial charge in [0.2, 0.25) is 5.91 Å². The number of carbonyl (C=O) groups excluding carboxylic acids is 1. The minimum absolute atomic E-state index is 0.0547. The summed E-state index contributed by atoms with van der Waals surface area (Å²) in [6, 6.07) is 3.91. The van der Waals surface area contributed by atoms with Crippen molar-refractivity contribution in [2.45, 2.75) is 19.4 Å². The maximum absolute atomic E-state index is 12.2. The molecule has 6 nitrogen and oxygen atoms in total. The van der Waals surface area contributed by atoms with Crippen LogP contribution in [0.2, 0.25) is 0 Å². The molecule has 1 amide bonds. The highest BCUT2D eigenvalue weighted by Crippen LogP contribution is 2.22. The standard InChI is InChI=1S/C14H18N4O2S2/c19-12(15-7-10-3-1-5-20-9-10)8-18-13(16-17-14(18)21)11-4-2-6-22-11/h2,4,6,10H,1,3,5,7-9H2,(H,15,19)(H,17,21). The first-order valence-corrected chi connectivity index (χ1v) is 8.56. The molecule has 3 heterocycles. The van der Waals surface area contributed by atoms with Crippen molar-refractivity contribution in [3.63, 3.8) is 0 Å². The van der Waals surface area contributed by atoms with Crippen LogP contribution in [0.4, 0.5) is 0 Å². The molecule has 1 aliphatic heterocycles. The molecular formula is C14H18N4O2S2. The molecule has 1 unspecified atom stereocenters. The lowest BCUT2D eigenvalue weighted by Crippen LogP contribution is -2.35. The van der Waals surface area contributed by atoms with Crippen LogP contribution in [0.25, 0.3) is 10.7 Å². The Labute approximate surface area is 137 Å². The molecular weight excluding hydrogens is 320 g/mol. The van der Waals surface area contributed by atoms with Crippen molar-refractivity contribution in [2.75, 3.05) is 19.8 Å². The molecule has 3 rings (SSSR count). The second kappa shape index (κ2) is 7.17. The maximum Gasteiger partial charge on any atom is 0.240 e. The molecule has 1 aliphatic rings. The summed E-state index contributed by atoms with van der Waals surface area (Å²) in [4.78, 5) is 13.2. The Bertz CT molecular complexity index is 671. The van der Waals surface area contributed by atoms with Crippen molar-refractivity contribution in [1.29, 1.82) is 0 Å².